The summed E-state index contributed by atoms with van der Waals surface area (Å²) in [7, 11) is 0. The molecule has 1 unspecified atom stereocenters. The zero-order chi connectivity index (χ0) is 25.5. The fourth-order valence-electron chi connectivity index (χ4n) is 3.08. The van der Waals surface area contributed by atoms with Gasteiger partial charge in [-0.3, -0.25) is 4.98 Å². The second-order valence-electron chi connectivity index (χ2n) is 7.61. The van der Waals surface area contributed by atoms with Gasteiger partial charge >= 0.3 is 0 Å². The topological polar surface area (TPSA) is 49.8 Å². The van der Waals surface area contributed by atoms with E-state index in [9.17, 15) is 0 Å². The first-order chi connectivity index (χ1) is 16.4. The second kappa shape index (κ2) is 15.7. The van der Waals surface area contributed by atoms with E-state index in [-0.39, 0.29) is 6.04 Å². The van der Waals surface area contributed by atoms with Crippen molar-refractivity contribution in [3.63, 3.8) is 0 Å². The van der Waals surface area contributed by atoms with Crippen molar-refractivity contribution in [2.24, 2.45) is 0 Å². The quantitative estimate of drug-likeness (QED) is 0.379. The van der Waals surface area contributed by atoms with E-state index >= 15 is 0 Å². The number of nitrogens with zero attached hydrogens (tertiary/aromatic N) is 2. The van der Waals surface area contributed by atoms with E-state index in [0.29, 0.717) is 17.6 Å². The van der Waals surface area contributed by atoms with Crippen LogP contribution < -0.4 is 21.3 Å². The molecule has 1 heterocycles. The molecule has 4 nitrogen and oxygen atoms in total. The molecule has 0 aliphatic carbocycles. The third kappa shape index (κ3) is 9.80. The Morgan fingerprint density at radius 2 is 1.79 bits per heavy atom. The Balaban J connectivity index is 0.00000107. The molecular formula is C29H39ClN4. The molecule has 0 fully saturated rings. The van der Waals surface area contributed by atoms with Gasteiger partial charge in [-0.05, 0) is 49.2 Å². The number of aromatic nitrogens is 2. The summed E-state index contributed by atoms with van der Waals surface area (Å²) in [4.78, 5) is 8.85. The molecule has 0 radical (unpaired) electrons. The van der Waals surface area contributed by atoms with Gasteiger partial charge in [-0.1, -0.05) is 89.2 Å². The maximum atomic E-state index is 6.06. The summed E-state index contributed by atoms with van der Waals surface area (Å²) < 4.78 is 0. The maximum absolute atomic E-state index is 6.06. The van der Waals surface area contributed by atoms with Gasteiger partial charge in [0.25, 0.3) is 0 Å². The van der Waals surface area contributed by atoms with Gasteiger partial charge in [0.1, 0.15) is 5.82 Å². The Bertz CT molecular complexity index is 1140. The highest BCUT2D eigenvalue weighted by molar-refractivity contribution is 6.30. The van der Waals surface area contributed by atoms with Crippen LogP contribution in [0.3, 0.4) is 0 Å². The summed E-state index contributed by atoms with van der Waals surface area (Å²) in [6.45, 7) is 20.4. The number of nitrogens with one attached hydrogen (secondary N) is 2. The number of anilines is 2. The van der Waals surface area contributed by atoms with Gasteiger partial charge in [0.05, 0.1) is 22.9 Å². The fourth-order valence-corrected chi connectivity index (χ4v) is 3.29. The molecule has 5 heteroatoms. The van der Waals surface area contributed by atoms with Crippen molar-refractivity contribution < 1.29 is 0 Å². The molecule has 0 spiro atoms. The monoisotopic (exact) mass is 478 g/mol. The van der Waals surface area contributed by atoms with Crippen LogP contribution in [0.2, 0.25) is 5.02 Å². The lowest BCUT2D eigenvalue weighted by Crippen LogP contribution is -2.30. The van der Waals surface area contributed by atoms with E-state index in [2.05, 4.69) is 66.7 Å². The highest BCUT2D eigenvalue weighted by Gasteiger charge is 2.08. The lowest BCUT2D eigenvalue weighted by atomic mass is 10.1. The minimum atomic E-state index is 0.0584. The second-order valence-corrected chi connectivity index (χ2v) is 8.05. The highest BCUT2D eigenvalue weighted by Crippen LogP contribution is 2.22. The largest absolute Gasteiger partial charge is 0.362 e. The minimum Gasteiger partial charge on any atom is -0.362 e. The summed E-state index contributed by atoms with van der Waals surface area (Å²) in [5, 5.41) is 8.97. The zero-order valence-corrected chi connectivity index (χ0v) is 22.2. The van der Waals surface area contributed by atoms with Gasteiger partial charge in [-0.25, -0.2) is 4.98 Å². The lowest BCUT2D eigenvalue weighted by Gasteiger charge is -2.17. The normalized spacial score (nSPS) is 11.3. The van der Waals surface area contributed by atoms with E-state index in [1.165, 1.54) is 6.42 Å². The van der Waals surface area contributed by atoms with Crippen LogP contribution in [0.1, 0.15) is 65.1 Å². The molecule has 0 amide bonds. The Kier molecular flexibility index (Phi) is 13.3. The van der Waals surface area contributed by atoms with Crippen LogP contribution in [-0.2, 0) is 6.42 Å². The first kappa shape index (κ1) is 28.9. The summed E-state index contributed by atoms with van der Waals surface area (Å²) in [5.74, 6) is 0.705. The zero-order valence-electron chi connectivity index (χ0n) is 21.5. The van der Waals surface area contributed by atoms with Crippen LogP contribution in [0.15, 0.2) is 67.0 Å². The Labute approximate surface area is 210 Å². The minimum absolute atomic E-state index is 0.0584. The summed E-state index contributed by atoms with van der Waals surface area (Å²) in [6.07, 6.45) is 5.59. The van der Waals surface area contributed by atoms with Gasteiger partial charge in [0, 0.05) is 22.8 Å². The van der Waals surface area contributed by atoms with Gasteiger partial charge < -0.3 is 10.6 Å². The number of allylic oxidation sites excluding steroid dienone is 1. The fraction of sp³-hybridized carbons (Fsp3) is 0.310. The van der Waals surface area contributed by atoms with E-state index in [0.717, 1.165) is 32.9 Å². The molecule has 0 bridgehead atoms. The van der Waals surface area contributed by atoms with Crippen molar-refractivity contribution in [1.29, 1.82) is 0 Å². The molecule has 1 aromatic heterocycles. The third-order valence-electron chi connectivity index (χ3n) is 4.53. The Morgan fingerprint density at radius 1 is 1.12 bits per heavy atom. The number of rotatable bonds is 7. The molecule has 3 aromatic rings. The first-order valence-electron chi connectivity index (χ1n) is 11.9. The van der Waals surface area contributed by atoms with Crippen LogP contribution in [0, 0.1) is 0 Å². The molecule has 182 valence electrons. The number of hydrogen-bond acceptors (Lipinski definition) is 4. The molecule has 2 aromatic carbocycles. The van der Waals surface area contributed by atoms with Crippen molar-refractivity contribution in [3.8, 4) is 0 Å². The van der Waals surface area contributed by atoms with E-state index in [1.54, 1.807) is 6.20 Å². The standard InChI is InChI=1S/C24H25ClN4.C3H8.C2H6/c1-5-23-18(4)29-24(15-26-23)28-17(3)20-9-7-11-22(14-20)27-16(2)12-19-8-6-10-21(25)13-19;1-3-2;1-2/h5-11,13-15,17,27H,2,4,12H2,1,3H3,(H,28,29);3H2,1-2H3;1-2H3/b23-5+;;. The van der Waals surface area contributed by atoms with E-state index in [1.807, 2.05) is 63.2 Å². The average Bonchev–Trinajstić information content (AvgIpc) is 2.81. The van der Waals surface area contributed by atoms with Gasteiger partial charge in [0.15, 0.2) is 0 Å². The Hall–Kier alpha value is -3.11. The van der Waals surface area contributed by atoms with Crippen LogP contribution in [0.25, 0.3) is 12.7 Å². The third-order valence-corrected chi connectivity index (χ3v) is 4.76. The molecule has 2 N–H and O–H groups in total. The number of halogens is 1. The van der Waals surface area contributed by atoms with Crippen LogP contribution in [0.5, 0.6) is 0 Å². The van der Waals surface area contributed by atoms with Crippen LogP contribution in [0.4, 0.5) is 11.5 Å². The molecule has 0 saturated carbocycles. The average molecular weight is 479 g/mol. The van der Waals surface area contributed by atoms with Gasteiger partial charge in [0.2, 0.25) is 0 Å². The molecular weight excluding hydrogens is 440 g/mol. The van der Waals surface area contributed by atoms with Crippen molar-refractivity contribution in [3.05, 3.63) is 93.9 Å². The smallest absolute Gasteiger partial charge is 0.145 e. The van der Waals surface area contributed by atoms with Crippen molar-refractivity contribution >= 4 is 35.8 Å². The van der Waals surface area contributed by atoms with E-state index < -0.39 is 0 Å². The number of hydrogen-bond donors (Lipinski definition) is 2. The van der Waals surface area contributed by atoms with Crippen molar-refractivity contribution in [2.75, 3.05) is 10.6 Å². The molecule has 0 aliphatic heterocycles. The SMILES string of the molecule is C=C(Cc1cccc(Cl)c1)Nc1cccc(C(C)Nc2cn/c(=C/C)c(=C)n2)c1.CC.CCC. The predicted octanol–water partition coefficient (Wildman–Crippen LogP) is 7.12. The van der Waals surface area contributed by atoms with Crippen LogP contribution >= 0.6 is 11.6 Å². The van der Waals surface area contributed by atoms with Crippen LogP contribution in [-0.4, -0.2) is 9.97 Å². The maximum Gasteiger partial charge on any atom is 0.145 e. The summed E-state index contributed by atoms with van der Waals surface area (Å²) in [5.41, 5.74) is 4.15. The highest BCUT2D eigenvalue weighted by atomic mass is 35.5. The predicted molar refractivity (Wildman–Crippen MR) is 151 cm³/mol. The molecule has 34 heavy (non-hydrogen) atoms. The molecule has 3 rings (SSSR count). The first-order valence-corrected chi connectivity index (χ1v) is 12.3. The molecule has 1 atom stereocenters. The summed E-state index contributed by atoms with van der Waals surface area (Å²) >= 11 is 6.06. The van der Waals surface area contributed by atoms with Gasteiger partial charge in [-0.2, -0.15) is 0 Å². The molecule has 0 saturated heterocycles. The summed E-state index contributed by atoms with van der Waals surface area (Å²) in [6, 6.07) is 16.1. The van der Waals surface area contributed by atoms with Crippen molar-refractivity contribution in [2.45, 2.75) is 60.4 Å². The van der Waals surface area contributed by atoms with E-state index in [4.69, 9.17) is 11.6 Å². The van der Waals surface area contributed by atoms with Gasteiger partial charge in [-0.15, -0.1) is 0 Å². The Morgan fingerprint density at radius 3 is 2.41 bits per heavy atom. The molecule has 0 aliphatic rings. The van der Waals surface area contributed by atoms with Crippen molar-refractivity contribution in [1.82, 2.24) is 9.97 Å². The number of benzene rings is 2. The lowest BCUT2D eigenvalue weighted by molar-refractivity contribution is 0.867.